The standard InChI is InChI=1S/C28H31ClN2O2.C27H32N2O2.C25H30N2O2.C23H26BrN3O2/c1-27(2)17-19(18-28(3,4)31-27)15-24(32)21-9-10-26(23(29)16-21)33-25-8-6-5-7-22(25)20-11-13-30-14-12-20;1-26(2)15-18(16-27(3,4)29-26)13-23(30)20-11-12-25(22(14-20)19-9-10-19)31-24-8-6-5-7-21(24)17-28;1-17-12-19(10-11-22(17)29-23-9-7-6-8-20(23)16-26)21(28)13-18-14-24(2,3)27-25(4,5)15-18;1-22(2)12-15(13-23(3,4)27-22)10-19(28)16-7-8-20(18(24)11-16)29-21-17(14-25)6-5-9-26-21/h5-14,16,19,31H,15,17-18H2,1-4H3;5-8,11-12,14,18-19,29H,9-10,13,15-16H2,1-4H3;6-12,18,27H,13-15H2,1-5H3;5-9,11,15,27H,10,12-13H2,1-4H3. The number of halogens is 2. The van der Waals surface area contributed by atoms with E-state index in [4.69, 9.17) is 30.5 Å². The van der Waals surface area contributed by atoms with Crippen molar-refractivity contribution in [2.24, 2.45) is 23.7 Å². The zero-order valence-electron chi connectivity index (χ0n) is 73.9. The van der Waals surface area contributed by atoms with E-state index in [1.165, 1.54) is 0 Å². The Morgan fingerprint density at radius 1 is 0.393 bits per heavy atom. The van der Waals surface area contributed by atoms with Crippen molar-refractivity contribution in [2.45, 2.75) is 258 Å². The second-order valence-electron chi connectivity index (χ2n) is 39.3. The molecule has 0 radical (unpaired) electrons. The lowest BCUT2D eigenvalue weighted by atomic mass is 9.74. The number of rotatable bonds is 22. The first kappa shape index (κ1) is 92.5. The number of benzene rings is 7. The molecule has 4 N–H and O–H groups in total. The molecule has 19 heteroatoms. The summed E-state index contributed by atoms with van der Waals surface area (Å²) in [5.41, 5.74) is 8.30. The van der Waals surface area contributed by atoms with Crippen LogP contribution in [0.1, 0.15) is 276 Å². The van der Waals surface area contributed by atoms with Gasteiger partial charge in [0.15, 0.2) is 23.1 Å². The number of ketones is 4. The predicted octanol–water partition coefficient (Wildman–Crippen LogP) is 25.1. The summed E-state index contributed by atoms with van der Waals surface area (Å²) in [7, 11) is 0. The summed E-state index contributed by atoms with van der Waals surface area (Å²) in [6.45, 7) is 37.3. The molecule has 0 unspecified atom stereocenters. The number of aryl methyl sites for hydroxylation is 1. The van der Waals surface area contributed by atoms with Crippen molar-refractivity contribution in [2.75, 3.05) is 0 Å². The van der Waals surface area contributed by atoms with Gasteiger partial charge in [-0.1, -0.05) is 54.1 Å². The van der Waals surface area contributed by atoms with E-state index in [2.05, 4.69) is 176 Å². The number of nitrogens with one attached hydrogen (secondary N) is 4. The first-order valence-corrected chi connectivity index (χ1v) is 43.8. The number of nitrogens with zero attached hydrogens (tertiary/aromatic N) is 5. The molecule has 638 valence electrons. The molecule has 7 aromatic carbocycles. The first-order valence-electron chi connectivity index (χ1n) is 42.6. The maximum absolute atomic E-state index is 13.2. The second kappa shape index (κ2) is 38.7. The number of ether oxygens (including phenoxy) is 4. The van der Waals surface area contributed by atoms with Crippen molar-refractivity contribution < 1.29 is 38.1 Å². The SMILES string of the molecule is CC1(C)CC(CC(=O)c2ccc(Oc3ccccc3-c3ccncc3)c(Cl)c2)CC(C)(C)N1.CC1(C)CC(CC(=O)c2ccc(Oc3ccccc3C#N)c(C3CC3)c2)CC(C)(C)N1.CC1(C)CC(CC(=O)c2ccc(Oc3ncccc3C#N)c(Br)c2)CC(C)(C)N1.Cc1cc(C(=O)CC2CC(C)(C)NC(C)(C)C2)ccc1Oc1ccccc1C#N. The molecule has 5 fully saturated rings. The summed E-state index contributed by atoms with van der Waals surface area (Å²) in [5.74, 6) is 6.99. The number of piperidine rings is 4. The Kier molecular flexibility index (Phi) is 29.3. The molecule has 5 aliphatic rings. The van der Waals surface area contributed by atoms with Gasteiger partial charge < -0.3 is 40.2 Å². The van der Waals surface area contributed by atoms with Crippen LogP contribution >= 0.6 is 27.5 Å². The van der Waals surface area contributed by atoms with Crippen LogP contribution in [0.25, 0.3) is 11.1 Å². The lowest BCUT2D eigenvalue weighted by Crippen LogP contribution is -2.58. The zero-order valence-corrected chi connectivity index (χ0v) is 76.3. The number of Topliss-reactive ketones (excluding diaryl/α,β-unsaturated/α-hetero) is 4. The van der Waals surface area contributed by atoms with Gasteiger partial charge in [-0.05, 0) is 372 Å². The van der Waals surface area contributed by atoms with Crippen molar-refractivity contribution in [1.29, 1.82) is 15.8 Å². The molecule has 0 spiro atoms. The molecule has 4 aliphatic heterocycles. The lowest BCUT2D eigenvalue weighted by molar-refractivity contribution is 0.0852. The number of carbonyl (C=O) groups excluding carboxylic acids is 4. The minimum absolute atomic E-state index is 0.0181. The largest absolute Gasteiger partial charge is 0.456 e. The average molecular weight is 1730 g/mol. The van der Waals surface area contributed by atoms with Crippen molar-refractivity contribution in [1.82, 2.24) is 31.2 Å². The van der Waals surface area contributed by atoms with Crippen LogP contribution in [-0.4, -0.2) is 77.4 Å². The smallest absolute Gasteiger partial charge is 0.237 e. The number of hydrogen-bond donors (Lipinski definition) is 4. The minimum Gasteiger partial charge on any atom is -0.456 e. The lowest BCUT2D eigenvalue weighted by Gasteiger charge is -2.46. The number of carbonyl (C=O) groups is 4. The second-order valence-corrected chi connectivity index (χ2v) is 40.6. The highest BCUT2D eigenvalue weighted by molar-refractivity contribution is 9.10. The average Bonchev–Trinajstić information content (AvgIpc) is 1.49. The van der Waals surface area contributed by atoms with Gasteiger partial charge in [0.05, 0.1) is 20.6 Å². The van der Waals surface area contributed by atoms with Crippen LogP contribution in [0, 0.1) is 64.6 Å². The van der Waals surface area contributed by atoms with Crippen LogP contribution in [0.5, 0.6) is 46.1 Å². The fourth-order valence-electron chi connectivity index (χ4n) is 19.9. The fraction of sp³-hybridized carbons (Fsp3) is 0.427. The molecule has 6 heterocycles. The summed E-state index contributed by atoms with van der Waals surface area (Å²) in [5, 5.41) is 42.9. The molecule has 0 atom stereocenters. The first-order chi connectivity index (χ1) is 57.4. The number of hydrogen-bond acceptors (Lipinski definition) is 17. The molecule has 0 amide bonds. The molecule has 14 rings (SSSR count). The van der Waals surface area contributed by atoms with E-state index in [0.29, 0.717) is 127 Å². The maximum atomic E-state index is 13.2. The predicted molar refractivity (Wildman–Crippen MR) is 488 cm³/mol. The van der Waals surface area contributed by atoms with Gasteiger partial charge in [0, 0.05) is 116 Å². The number of aromatic nitrogens is 2. The van der Waals surface area contributed by atoms with E-state index in [-0.39, 0.29) is 73.3 Å². The van der Waals surface area contributed by atoms with Crippen LogP contribution in [-0.2, 0) is 0 Å². The summed E-state index contributed by atoms with van der Waals surface area (Å²) in [6, 6.07) is 57.8. The van der Waals surface area contributed by atoms with Crippen LogP contribution in [0.2, 0.25) is 5.02 Å². The van der Waals surface area contributed by atoms with E-state index in [0.717, 1.165) is 103 Å². The van der Waals surface area contributed by atoms with Crippen LogP contribution < -0.4 is 40.2 Å². The quantitative estimate of drug-likeness (QED) is 0.0460. The van der Waals surface area contributed by atoms with Crippen molar-refractivity contribution >= 4 is 50.7 Å². The van der Waals surface area contributed by atoms with Crippen LogP contribution in [0.3, 0.4) is 0 Å². The molecular formula is C103H119BrClN9O8. The molecule has 4 saturated heterocycles. The summed E-state index contributed by atoms with van der Waals surface area (Å²) < 4.78 is 24.6. The minimum atomic E-state index is 0.0181. The van der Waals surface area contributed by atoms with Crippen LogP contribution in [0.15, 0.2) is 193 Å². The fourth-order valence-corrected chi connectivity index (χ4v) is 20.5. The summed E-state index contributed by atoms with van der Waals surface area (Å²) in [6.07, 6.45) is 17.4. The Labute approximate surface area is 736 Å². The van der Waals surface area contributed by atoms with Gasteiger partial charge in [-0.15, -0.1) is 0 Å². The van der Waals surface area contributed by atoms with Gasteiger partial charge in [-0.3, -0.25) is 24.2 Å². The maximum Gasteiger partial charge on any atom is 0.237 e. The summed E-state index contributed by atoms with van der Waals surface area (Å²) in [4.78, 5) is 60.3. The molecule has 9 aromatic rings. The topological polar surface area (TPSA) is 250 Å². The van der Waals surface area contributed by atoms with E-state index in [9.17, 15) is 35.0 Å². The van der Waals surface area contributed by atoms with Gasteiger partial charge in [0.1, 0.15) is 64.0 Å². The molecule has 17 nitrogen and oxygen atoms in total. The third kappa shape index (κ3) is 26.2. The van der Waals surface area contributed by atoms with Gasteiger partial charge in [-0.25, -0.2) is 4.98 Å². The highest BCUT2D eigenvalue weighted by Crippen LogP contribution is 2.48. The molecular weight excluding hydrogens is 1610 g/mol. The Balaban J connectivity index is 0.000000159. The zero-order chi connectivity index (χ0) is 88.3. The van der Waals surface area contributed by atoms with Gasteiger partial charge in [0.25, 0.3) is 0 Å². The van der Waals surface area contributed by atoms with Crippen LogP contribution in [0.4, 0.5) is 0 Å². The van der Waals surface area contributed by atoms with E-state index in [1.54, 1.807) is 79.3 Å². The Morgan fingerprint density at radius 2 is 0.746 bits per heavy atom. The highest BCUT2D eigenvalue weighted by atomic mass is 79.9. The molecule has 2 aromatic heterocycles. The van der Waals surface area contributed by atoms with Crippen molar-refractivity contribution in [3.05, 3.63) is 248 Å². The van der Waals surface area contributed by atoms with E-state index < -0.39 is 0 Å². The van der Waals surface area contributed by atoms with E-state index in [1.807, 2.05) is 116 Å². The molecule has 1 saturated carbocycles. The van der Waals surface area contributed by atoms with Gasteiger partial charge in [0.2, 0.25) is 5.88 Å². The van der Waals surface area contributed by atoms with Gasteiger partial charge in [-0.2, -0.15) is 15.8 Å². The molecule has 1 aliphatic carbocycles. The third-order valence-corrected chi connectivity index (χ3v) is 23.9. The highest BCUT2D eigenvalue weighted by Gasteiger charge is 2.43. The number of para-hydroxylation sites is 3. The van der Waals surface area contributed by atoms with Gasteiger partial charge >= 0.3 is 0 Å². The number of nitriles is 3. The third-order valence-electron chi connectivity index (χ3n) is 23.0. The van der Waals surface area contributed by atoms with Crippen molar-refractivity contribution in [3.63, 3.8) is 0 Å². The number of pyridine rings is 2. The molecule has 0 bridgehead atoms. The van der Waals surface area contributed by atoms with E-state index >= 15 is 0 Å². The summed E-state index contributed by atoms with van der Waals surface area (Å²) >= 11 is 10.0. The Bertz CT molecular complexity index is 5190. The monoisotopic (exact) mass is 1720 g/mol. The molecule has 122 heavy (non-hydrogen) atoms. The Hall–Kier alpha value is -10.2. The normalized spacial score (nSPS) is 18.4. The van der Waals surface area contributed by atoms with Crippen molar-refractivity contribution in [3.8, 4) is 75.5 Å². The Morgan fingerprint density at radius 3 is 1.16 bits per heavy atom.